The molecule has 0 aliphatic heterocycles. The maximum absolute atomic E-state index is 12.0. The Morgan fingerprint density at radius 1 is 1.11 bits per heavy atom. The summed E-state index contributed by atoms with van der Waals surface area (Å²) in [5, 5.41) is 0. The summed E-state index contributed by atoms with van der Waals surface area (Å²) in [4.78, 5) is 23.5. The topological polar surface area (TPSA) is 52.6 Å². The second-order valence-corrected chi connectivity index (χ2v) is 6.15. The zero-order chi connectivity index (χ0) is 13.9. The Kier molecular flexibility index (Phi) is 4.77. The van der Waals surface area contributed by atoms with Crippen LogP contribution in [0.1, 0.15) is 47.0 Å². The number of methoxy groups -OCH3 is 1. The lowest BCUT2D eigenvalue weighted by atomic mass is 9.75. The summed E-state index contributed by atoms with van der Waals surface area (Å²) in [7, 11) is 1.41. The van der Waals surface area contributed by atoms with E-state index >= 15 is 0 Å². The molecule has 4 nitrogen and oxygen atoms in total. The molecular formula is C14H24O4. The summed E-state index contributed by atoms with van der Waals surface area (Å²) in [5.41, 5.74) is -0.448. The van der Waals surface area contributed by atoms with Crippen LogP contribution in [0.15, 0.2) is 0 Å². The highest BCUT2D eigenvalue weighted by atomic mass is 16.6. The molecule has 1 aliphatic carbocycles. The van der Waals surface area contributed by atoms with E-state index in [-0.39, 0.29) is 29.7 Å². The zero-order valence-corrected chi connectivity index (χ0v) is 12.0. The Balaban J connectivity index is 2.57. The fourth-order valence-electron chi connectivity index (χ4n) is 2.50. The van der Waals surface area contributed by atoms with Gasteiger partial charge in [-0.1, -0.05) is 6.92 Å². The number of rotatable bonds is 2. The minimum Gasteiger partial charge on any atom is -0.469 e. The van der Waals surface area contributed by atoms with E-state index in [2.05, 4.69) is 0 Å². The van der Waals surface area contributed by atoms with Crippen molar-refractivity contribution in [1.82, 2.24) is 0 Å². The van der Waals surface area contributed by atoms with Crippen molar-refractivity contribution in [2.24, 2.45) is 17.8 Å². The number of carbonyl (C=O) groups is 2. The van der Waals surface area contributed by atoms with E-state index in [0.29, 0.717) is 19.3 Å². The van der Waals surface area contributed by atoms with E-state index in [1.165, 1.54) is 7.11 Å². The van der Waals surface area contributed by atoms with Crippen molar-refractivity contribution < 1.29 is 19.1 Å². The molecule has 1 fully saturated rings. The predicted octanol–water partition coefficient (Wildman–Crippen LogP) is 2.55. The van der Waals surface area contributed by atoms with Gasteiger partial charge < -0.3 is 9.47 Å². The number of hydrogen-bond acceptors (Lipinski definition) is 4. The fraction of sp³-hybridized carbons (Fsp3) is 0.857. The van der Waals surface area contributed by atoms with Gasteiger partial charge in [-0.2, -0.15) is 0 Å². The van der Waals surface area contributed by atoms with E-state index in [1.54, 1.807) is 0 Å². The third-order valence-corrected chi connectivity index (χ3v) is 3.41. The highest BCUT2D eigenvalue weighted by Crippen LogP contribution is 2.35. The standard InChI is InChI=1S/C14H24O4/c1-9-8-10(12(15)17-5)6-7-11(9)13(16)18-14(2,3)4/h9-11H,6-8H2,1-5H3/t9-,10+,11+/m0/s1. The zero-order valence-electron chi connectivity index (χ0n) is 12.0. The molecular weight excluding hydrogens is 232 g/mol. The number of ether oxygens (including phenoxy) is 2. The quantitative estimate of drug-likeness (QED) is 0.712. The van der Waals surface area contributed by atoms with Crippen LogP contribution in [0, 0.1) is 17.8 Å². The molecule has 0 amide bonds. The molecule has 4 heteroatoms. The highest BCUT2D eigenvalue weighted by Gasteiger charge is 2.37. The van der Waals surface area contributed by atoms with Crippen molar-refractivity contribution in [2.45, 2.75) is 52.6 Å². The van der Waals surface area contributed by atoms with Gasteiger partial charge in [0.15, 0.2) is 0 Å². The Morgan fingerprint density at radius 3 is 2.17 bits per heavy atom. The Labute approximate surface area is 109 Å². The maximum Gasteiger partial charge on any atom is 0.309 e. The minimum atomic E-state index is -0.448. The third kappa shape index (κ3) is 4.00. The fourth-order valence-corrected chi connectivity index (χ4v) is 2.50. The lowest BCUT2D eigenvalue weighted by molar-refractivity contribution is -0.165. The molecule has 0 N–H and O–H groups in total. The van der Waals surface area contributed by atoms with Crippen LogP contribution in [0.3, 0.4) is 0 Å². The van der Waals surface area contributed by atoms with Crippen molar-refractivity contribution in [3.63, 3.8) is 0 Å². The van der Waals surface area contributed by atoms with Gasteiger partial charge in [0.1, 0.15) is 5.60 Å². The van der Waals surface area contributed by atoms with Gasteiger partial charge in [0, 0.05) is 0 Å². The average Bonchev–Trinajstić information content (AvgIpc) is 2.25. The van der Waals surface area contributed by atoms with Gasteiger partial charge in [-0.15, -0.1) is 0 Å². The molecule has 18 heavy (non-hydrogen) atoms. The molecule has 104 valence electrons. The molecule has 0 heterocycles. The molecule has 0 saturated heterocycles. The van der Waals surface area contributed by atoms with Crippen LogP contribution in [0.4, 0.5) is 0 Å². The van der Waals surface area contributed by atoms with Crippen LogP contribution in [-0.2, 0) is 19.1 Å². The molecule has 1 aliphatic rings. The second kappa shape index (κ2) is 5.72. The van der Waals surface area contributed by atoms with Crippen LogP contribution in [0.2, 0.25) is 0 Å². The number of carbonyl (C=O) groups excluding carboxylic acids is 2. The summed E-state index contributed by atoms with van der Waals surface area (Å²) in [5.74, 6) is -0.297. The monoisotopic (exact) mass is 256 g/mol. The molecule has 0 bridgehead atoms. The van der Waals surface area contributed by atoms with Crippen molar-refractivity contribution in [3.05, 3.63) is 0 Å². The number of hydrogen-bond donors (Lipinski definition) is 0. The minimum absolute atomic E-state index is 0.0660. The Bertz CT molecular complexity index is 316. The first-order valence-electron chi connectivity index (χ1n) is 6.55. The molecule has 0 aromatic carbocycles. The maximum atomic E-state index is 12.0. The third-order valence-electron chi connectivity index (χ3n) is 3.41. The van der Waals surface area contributed by atoms with Crippen molar-refractivity contribution in [2.75, 3.05) is 7.11 Å². The van der Waals surface area contributed by atoms with Gasteiger partial charge in [0.2, 0.25) is 0 Å². The van der Waals surface area contributed by atoms with Gasteiger partial charge in [-0.3, -0.25) is 9.59 Å². The molecule has 0 aromatic heterocycles. The van der Waals surface area contributed by atoms with Crippen LogP contribution in [0.5, 0.6) is 0 Å². The normalized spacial score (nSPS) is 28.6. The van der Waals surface area contributed by atoms with Crippen LogP contribution < -0.4 is 0 Å². The smallest absolute Gasteiger partial charge is 0.309 e. The summed E-state index contributed by atoms with van der Waals surface area (Å²) in [6, 6.07) is 0. The summed E-state index contributed by atoms with van der Waals surface area (Å²) < 4.78 is 10.2. The molecule has 0 unspecified atom stereocenters. The molecule has 3 atom stereocenters. The molecule has 0 radical (unpaired) electrons. The second-order valence-electron chi connectivity index (χ2n) is 6.15. The van der Waals surface area contributed by atoms with E-state index in [1.807, 2.05) is 27.7 Å². The number of esters is 2. The van der Waals surface area contributed by atoms with E-state index in [4.69, 9.17) is 9.47 Å². The van der Waals surface area contributed by atoms with Gasteiger partial charge >= 0.3 is 11.9 Å². The molecule has 1 rings (SSSR count). The van der Waals surface area contributed by atoms with Gasteiger partial charge in [0.25, 0.3) is 0 Å². The van der Waals surface area contributed by atoms with E-state index in [9.17, 15) is 9.59 Å². The van der Waals surface area contributed by atoms with Crippen LogP contribution in [-0.4, -0.2) is 24.6 Å². The lowest BCUT2D eigenvalue weighted by Crippen LogP contribution is -2.36. The van der Waals surface area contributed by atoms with Gasteiger partial charge in [-0.05, 0) is 46.0 Å². The first kappa shape index (κ1) is 15.0. The van der Waals surface area contributed by atoms with Crippen molar-refractivity contribution >= 4 is 11.9 Å². The van der Waals surface area contributed by atoms with E-state index < -0.39 is 5.60 Å². The molecule has 0 aromatic rings. The van der Waals surface area contributed by atoms with Gasteiger partial charge in [0.05, 0.1) is 18.9 Å². The Hall–Kier alpha value is -1.06. The summed E-state index contributed by atoms with van der Waals surface area (Å²) in [6.45, 7) is 7.62. The average molecular weight is 256 g/mol. The first-order valence-corrected chi connectivity index (χ1v) is 6.55. The van der Waals surface area contributed by atoms with E-state index in [0.717, 1.165) is 0 Å². The molecule has 1 saturated carbocycles. The summed E-state index contributed by atoms with van der Waals surface area (Å²) >= 11 is 0. The van der Waals surface area contributed by atoms with Crippen LogP contribution in [0.25, 0.3) is 0 Å². The lowest BCUT2D eigenvalue weighted by Gasteiger charge is -2.33. The molecule has 0 spiro atoms. The van der Waals surface area contributed by atoms with Crippen LogP contribution >= 0.6 is 0 Å². The highest BCUT2D eigenvalue weighted by molar-refractivity contribution is 5.75. The van der Waals surface area contributed by atoms with Crippen molar-refractivity contribution in [3.8, 4) is 0 Å². The van der Waals surface area contributed by atoms with Crippen molar-refractivity contribution in [1.29, 1.82) is 0 Å². The first-order chi connectivity index (χ1) is 8.24. The largest absolute Gasteiger partial charge is 0.469 e. The van der Waals surface area contributed by atoms with Gasteiger partial charge in [-0.25, -0.2) is 0 Å². The predicted molar refractivity (Wildman–Crippen MR) is 67.9 cm³/mol. The summed E-state index contributed by atoms with van der Waals surface area (Å²) in [6.07, 6.45) is 2.12. The Morgan fingerprint density at radius 2 is 1.72 bits per heavy atom. The SMILES string of the molecule is COC(=O)[C@@H]1CC[C@@H](C(=O)OC(C)(C)C)[C@@H](C)C1.